The van der Waals surface area contributed by atoms with Crippen LogP contribution >= 0.6 is 27.3 Å². The minimum atomic E-state index is 0.199. The Morgan fingerprint density at radius 3 is 2.47 bits per heavy atom. The van der Waals surface area contributed by atoms with Crippen LogP contribution in [-0.4, -0.2) is 5.78 Å². The van der Waals surface area contributed by atoms with Gasteiger partial charge in [-0.3, -0.25) is 4.79 Å². The van der Waals surface area contributed by atoms with Gasteiger partial charge in [0.05, 0.1) is 8.66 Å². The van der Waals surface area contributed by atoms with Crippen molar-refractivity contribution in [3.05, 3.63) is 20.8 Å². The van der Waals surface area contributed by atoms with E-state index >= 15 is 0 Å². The van der Waals surface area contributed by atoms with Crippen molar-refractivity contribution in [1.29, 1.82) is 0 Å². The summed E-state index contributed by atoms with van der Waals surface area (Å²) in [5.74, 6) is 0.666. The number of rotatable bonds is 3. The molecule has 1 aromatic heterocycles. The Bertz CT molecular complexity index is 349. The molecule has 3 heteroatoms. The molecule has 1 aromatic rings. The van der Waals surface area contributed by atoms with E-state index in [9.17, 15) is 4.79 Å². The molecule has 0 aliphatic heterocycles. The zero-order chi connectivity index (χ0) is 11.6. The van der Waals surface area contributed by atoms with Gasteiger partial charge >= 0.3 is 0 Å². The molecule has 0 aliphatic rings. The molecule has 84 valence electrons. The summed E-state index contributed by atoms with van der Waals surface area (Å²) in [5, 5.41) is 0. The lowest BCUT2D eigenvalue weighted by molar-refractivity contribution is 0.0931. The Labute approximate surface area is 104 Å². The third-order valence-electron chi connectivity index (χ3n) is 2.82. The fourth-order valence-corrected chi connectivity index (χ4v) is 2.48. The van der Waals surface area contributed by atoms with E-state index in [1.54, 1.807) is 0 Å². The minimum Gasteiger partial charge on any atom is -0.293 e. The maximum Gasteiger partial charge on any atom is 0.173 e. The first kappa shape index (κ1) is 12.9. The zero-order valence-corrected chi connectivity index (χ0v) is 12.0. The lowest BCUT2D eigenvalue weighted by Crippen LogP contribution is -2.20. The van der Waals surface area contributed by atoms with Gasteiger partial charge in [0.1, 0.15) is 0 Å². The Balaban J connectivity index is 2.64. The fourth-order valence-electron chi connectivity index (χ4n) is 1.15. The quantitative estimate of drug-likeness (QED) is 0.733. The van der Waals surface area contributed by atoms with Gasteiger partial charge in [-0.25, -0.2) is 0 Å². The van der Waals surface area contributed by atoms with Crippen LogP contribution in [0.25, 0.3) is 0 Å². The summed E-state index contributed by atoms with van der Waals surface area (Å²) in [6.45, 7) is 8.67. The van der Waals surface area contributed by atoms with Crippen LogP contribution in [0.2, 0.25) is 0 Å². The van der Waals surface area contributed by atoms with Crippen molar-refractivity contribution >= 4 is 33.0 Å². The summed E-state index contributed by atoms with van der Waals surface area (Å²) in [7, 11) is 0. The van der Waals surface area contributed by atoms with E-state index in [1.165, 1.54) is 11.3 Å². The van der Waals surface area contributed by atoms with Gasteiger partial charge in [-0.1, -0.05) is 27.7 Å². The Morgan fingerprint density at radius 1 is 1.47 bits per heavy atom. The predicted octanol–water partition coefficient (Wildman–Crippen LogP) is 4.77. The number of thiophene rings is 1. The summed E-state index contributed by atoms with van der Waals surface area (Å²) < 4.78 is 1.02. The zero-order valence-electron chi connectivity index (χ0n) is 9.63. The van der Waals surface area contributed by atoms with E-state index < -0.39 is 0 Å². The van der Waals surface area contributed by atoms with E-state index in [4.69, 9.17) is 0 Å². The Morgan fingerprint density at radius 2 is 2.07 bits per heavy atom. The van der Waals surface area contributed by atoms with Crippen LogP contribution in [0.5, 0.6) is 0 Å². The molecule has 1 heterocycles. The molecular weight excluding hydrogens is 272 g/mol. The average Bonchev–Trinajstić information content (AvgIpc) is 2.50. The molecule has 1 nitrogen and oxygen atoms in total. The van der Waals surface area contributed by atoms with Crippen LogP contribution in [0, 0.1) is 11.3 Å². The Hall–Kier alpha value is -0.150. The largest absolute Gasteiger partial charge is 0.293 e. The monoisotopic (exact) mass is 288 g/mol. The molecule has 1 rings (SSSR count). The molecule has 1 atom stereocenters. The number of hydrogen-bond acceptors (Lipinski definition) is 2. The van der Waals surface area contributed by atoms with Crippen LogP contribution in [0.1, 0.15) is 43.8 Å². The molecule has 0 aromatic carbocycles. The van der Waals surface area contributed by atoms with Crippen molar-refractivity contribution in [3.63, 3.8) is 0 Å². The normalized spacial score (nSPS) is 13.9. The topological polar surface area (TPSA) is 17.1 Å². The molecule has 0 aliphatic carbocycles. The molecule has 0 saturated carbocycles. The first-order chi connectivity index (χ1) is 6.80. The second-order valence-corrected chi connectivity index (χ2v) is 7.46. The molecule has 0 saturated heterocycles. The van der Waals surface area contributed by atoms with E-state index in [2.05, 4.69) is 43.6 Å². The smallest absolute Gasteiger partial charge is 0.173 e. The maximum atomic E-state index is 11.9. The second-order valence-electron chi connectivity index (χ2n) is 5.00. The third kappa shape index (κ3) is 3.72. The number of ketones is 1. The van der Waals surface area contributed by atoms with Crippen LogP contribution in [0.15, 0.2) is 15.9 Å². The molecule has 0 radical (unpaired) electrons. The van der Waals surface area contributed by atoms with Gasteiger partial charge < -0.3 is 0 Å². The van der Waals surface area contributed by atoms with Crippen LogP contribution in [0.4, 0.5) is 0 Å². The van der Waals surface area contributed by atoms with Crippen LogP contribution in [0.3, 0.4) is 0 Å². The van der Waals surface area contributed by atoms with Crippen molar-refractivity contribution in [1.82, 2.24) is 0 Å². The minimum absolute atomic E-state index is 0.199. The maximum absolute atomic E-state index is 11.9. The first-order valence-electron chi connectivity index (χ1n) is 5.09. The molecule has 15 heavy (non-hydrogen) atoms. The summed E-state index contributed by atoms with van der Waals surface area (Å²) in [5.41, 5.74) is 0.199. The SMILES string of the molecule is CC(CC(=O)c1ccc(Br)s1)C(C)(C)C. The summed E-state index contributed by atoms with van der Waals surface area (Å²) in [4.78, 5) is 12.8. The number of carbonyl (C=O) groups is 1. The van der Waals surface area contributed by atoms with Crippen molar-refractivity contribution in [2.24, 2.45) is 11.3 Å². The third-order valence-corrected chi connectivity index (χ3v) is 4.48. The van der Waals surface area contributed by atoms with Gasteiger partial charge in [-0.2, -0.15) is 0 Å². The highest BCUT2D eigenvalue weighted by Crippen LogP contribution is 2.31. The molecular formula is C12H17BrOS. The highest BCUT2D eigenvalue weighted by molar-refractivity contribution is 9.11. The fraction of sp³-hybridized carbons (Fsp3) is 0.583. The van der Waals surface area contributed by atoms with E-state index in [1.807, 2.05) is 12.1 Å². The average molecular weight is 289 g/mol. The summed E-state index contributed by atoms with van der Waals surface area (Å²) in [6, 6.07) is 3.83. The lowest BCUT2D eigenvalue weighted by atomic mass is 9.79. The molecule has 0 amide bonds. The highest BCUT2D eigenvalue weighted by atomic mass is 79.9. The van der Waals surface area contributed by atoms with E-state index in [0.717, 1.165) is 8.66 Å². The van der Waals surface area contributed by atoms with Crippen molar-refractivity contribution in [2.45, 2.75) is 34.1 Å². The number of Topliss-reactive ketones (excluding diaryl/α,β-unsaturated/α-hetero) is 1. The number of carbonyl (C=O) groups excluding carboxylic acids is 1. The van der Waals surface area contributed by atoms with Gasteiger partial charge in [-0.05, 0) is 39.4 Å². The number of hydrogen-bond donors (Lipinski definition) is 0. The molecule has 0 spiro atoms. The van der Waals surface area contributed by atoms with E-state index in [0.29, 0.717) is 12.3 Å². The molecule has 0 N–H and O–H groups in total. The van der Waals surface area contributed by atoms with Gasteiger partial charge in [0.2, 0.25) is 0 Å². The van der Waals surface area contributed by atoms with Gasteiger partial charge in [0.25, 0.3) is 0 Å². The van der Waals surface area contributed by atoms with Gasteiger partial charge in [0.15, 0.2) is 5.78 Å². The van der Waals surface area contributed by atoms with Crippen molar-refractivity contribution < 1.29 is 4.79 Å². The highest BCUT2D eigenvalue weighted by Gasteiger charge is 2.23. The van der Waals surface area contributed by atoms with Crippen molar-refractivity contribution in [2.75, 3.05) is 0 Å². The molecule has 0 fully saturated rings. The van der Waals surface area contributed by atoms with E-state index in [-0.39, 0.29) is 11.2 Å². The summed E-state index contributed by atoms with van der Waals surface area (Å²) in [6.07, 6.45) is 0.635. The molecule has 1 unspecified atom stereocenters. The predicted molar refractivity (Wildman–Crippen MR) is 69.6 cm³/mol. The van der Waals surface area contributed by atoms with Gasteiger partial charge in [-0.15, -0.1) is 11.3 Å². The molecule has 0 bridgehead atoms. The van der Waals surface area contributed by atoms with Gasteiger partial charge in [0, 0.05) is 6.42 Å². The Kier molecular flexibility index (Phi) is 4.13. The standard InChI is InChI=1S/C12H17BrOS/c1-8(12(2,3)4)7-9(14)10-5-6-11(13)15-10/h5-6,8H,7H2,1-4H3. The number of halogens is 1. The second kappa shape index (κ2) is 4.79. The first-order valence-corrected chi connectivity index (χ1v) is 6.70. The van der Waals surface area contributed by atoms with Crippen LogP contribution < -0.4 is 0 Å². The summed E-state index contributed by atoms with van der Waals surface area (Å²) >= 11 is 4.89. The lowest BCUT2D eigenvalue weighted by Gasteiger charge is -2.26. The van der Waals surface area contributed by atoms with Crippen LogP contribution in [-0.2, 0) is 0 Å². The van der Waals surface area contributed by atoms with Crippen molar-refractivity contribution in [3.8, 4) is 0 Å².